The Morgan fingerprint density at radius 2 is 1.88 bits per heavy atom. The molecular formula is C19H22N2O5. The summed E-state index contributed by atoms with van der Waals surface area (Å²) in [7, 11) is 1.43. The number of carbonyl (C=O) groups excluding carboxylic acids is 1. The maximum atomic E-state index is 12.2. The molecule has 0 aliphatic rings. The zero-order valence-corrected chi connectivity index (χ0v) is 15.2. The topological polar surface area (TPSA) is 90.7 Å². The van der Waals surface area contributed by atoms with E-state index < -0.39 is 4.92 Å². The van der Waals surface area contributed by atoms with Gasteiger partial charge in [0.15, 0.2) is 18.1 Å². The van der Waals surface area contributed by atoms with E-state index in [1.165, 1.54) is 30.9 Å². The lowest BCUT2D eigenvalue weighted by atomic mass is 10.0. The van der Waals surface area contributed by atoms with E-state index in [9.17, 15) is 14.9 Å². The predicted molar refractivity (Wildman–Crippen MR) is 97.6 cm³/mol. The molecule has 0 aromatic heterocycles. The van der Waals surface area contributed by atoms with Crippen molar-refractivity contribution in [2.75, 3.05) is 13.7 Å². The first-order chi connectivity index (χ1) is 12.3. The molecule has 138 valence electrons. The molecule has 7 nitrogen and oxygen atoms in total. The van der Waals surface area contributed by atoms with E-state index in [1.54, 1.807) is 0 Å². The second kappa shape index (κ2) is 8.33. The van der Waals surface area contributed by atoms with Gasteiger partial charge in [-0.25, -0.2) is 0 Å². The van der Waals surface area contributed by atoms with Crippen molar-refractivity contribution in [3.8, 4) is 11.5 Å². The number of rotatable bonds is 7. The molecule has 0 saturated heterocycles. The summed E-state index contributed by atoms with van der Waals surface area (Å²) >= 11 is 0. The second-order valence-corrected chi connectivity index (χ2v) is 6.01. The number of non-ortho nitro benzene ring substituents is 1. The number of hydrogen-bond donors (Lipinski definition) is 1. The number of amides is 1. The Kier molecular flexibility index (Phi) is 6.16. The molecule has 0 aliphatic carbocycles. The third-order valence-corrected chi connectivity index (χ3v) is 4.13. The van der Waals surface area contributed by atoms with Crippen LogP contribution in [0.5, 0.6) is 11.5 Å². The first-order valence-corrected chi connectivity index (χ1v) is 8.13. The largest absolute Gasteiger partial charge is 0.493 e. The highest BCUT2D eigenvalue weighted by atomic mass is 16.6. The number of carbonyl (C=O) groups is 1. The van der Waals surface area contributed by atoms with Gasteiger partial charge in [-0.05, 0) is 43.5 Å². The highest BCUT2D eigenvalue weighted by Gasteiger charge is 2.15. The monoisotopic (exact) mass is 358 g/mol. The molecule has 26 heavy (non-hydrogen) atoms. The van der Waals surface area contributed by atoms with E-state index in [1.807, 2.05) is 39.0 Å². The Bertz CT molecular complexity index is 820. The number of nitrogens with one attached hydrogen (secondary N) is 1. The smallest absolute Gasteiger partial charge is 0.273 e. The van der Waals surface area contributed by atoms with Crippen molar-refractivity contribution in [3.05, 3.63) is 63.2 Å². The lowest BCUT2D eigenvalue weighted by molar-refractivity contribution is -0.385. The molecule has 0 spiro atoms. The fourth-order valence-corrected chi connectivity index (χ4v) is 2.44. The molecule has 1 N–H and O–H groups in total. The van der Waals surface area contributed by atoms with Gasteiger partial charge in [0.25, 0.3) is 11.6 Å². The molecule has 0 aliphatic heterocycles. The number of hydrogen-bond acceptors (Lipinski definition) is 5. The number of methoxy groups -OCH3 is 1. The van der Waals surface area contributed by atoms with Crippen molar-refractivity contribution in [2.24, 2.45) is 0 Å². The van der Waals surface area contributed by atoms with Crippen LogP contribution in [-0.2, 0) is 4.79 Å². The Labute approximate surface area is 152 Å². The zero-order chi connectivity index (χ0) is 19.3. The van der Waals surface area contributed by atoms with Crippen LogP contribution in [0.15, 0.2) is 36.4 Å². The number of benzene rings is 2. The van der Waals surface area contributed by atoms with Crippen LogP contribution in [0.1, 0.15) is 29.7 Å². The molecule has 0 heterocycles. The Morgan fingerprint density at radius 1 is 1.15 bits per heavy atom. The number of nitrogens with zero attached hydrogens (tertiary/aromatic N) is 1. The summed E-state index contributed by atoms with van der Waals surface area (Å²) in [6, 6.07) is 9.81. The predicted octanol–water partition coefficient (Wildman–Crippen LogP) is 3.48. The van der Waals surface area contributed by atoms with Gasteiger partial charge in [0, 0.05) is 6.07 Å². The standard InChI is InChI=1S/C19H22N2O5/c1-12-5-6-15(9-13(12)2)14(3)20-19(22)11-26-18-10-16(21(23)24)7-8-17(18)25-4/h5-10,14H,11H2,1-4H3,(H,20,22). The summed E-state index contributed by atoms with van der Waals surface area (Å²) < 4.78 is 10.5. The molecule has 1 atom stereocenters. The fraction of sp³-hybridized carbons (Fsp3) is 0.316. The second-order valence-electron chi connectivity index (χ2n) is 6.01. The van der Waals surface area contributed by atoms with Crippen LogP contribution in [0, 0.1) is 24.0 Å². The fourth-order valence-electron chi connectivity index (χ4n) is 2.44. The Balaban J connectivity index is 2.01. The van der Waals surface area contributed by atoms with Crippen LogP contribution in [0.2, 0.25) is 0 Å². The Hall–Kier alpha value is -3.09. The maximum Gasteiger partial charge on any atom is 0.273 e. The average molecular weight is 358 g/mol. The van der Waals surface area contributed by atoms with Gasteiger partial charge in [-0.3, -0.25) is 14.9 Å². The molecule has 2 rings (SSSR count). The molecule has 0 saturated carbocycles. The SMILES string of the molecule is COc1ccc([N+](=O)[O-])cc1OCC(=O)NC(C)c1ccc(C)c(C)c1. The molecule has 7 heteroatoms. The average Bonchev–Trinajstić information content (AvgIpc) is 2.61. The maximum absolute atomic E-state index is 12.2. The highest BCUT2D eigenvalue weighted by Crippen LogP contribution is 2.31. The van der Waals surface area contributed by atoms with Gasteiger partial charge in [-0.15, -0.1) is 0 Å². The first kappa shape index (κ1) is 19.2. The summed E-state index contributed by atoms with van der Waals surface area (Å²) in [6.45, 7) is 5.66. The van der Waals surface area contributed by atoms with Crippen LogP contribution < -0.4 is 14.8 Å². The summed E-state index contributed by atoms with van der Waals surface area (Å²) in [5, 5.41) is 13.7. The van der Waals surface area contributed by atoms with E-state index in [0.29, 0.717) is 5.75 Å². The third kappa shape index (κ3) is 4.72. The molecule has 1 unspecified atom stereocenters. The van der Waals surface area contributed by atoms with Crippen LogP contribution in [-0.4, -0.2) is 24.5 Å². The minimum absolute atomic E-state index is 0.135. The highest BCUT2D eigenvalue weighted by molar-refractivity contribution is 5.78. The Morgan fingerprint density at radius 3 is 2.50 bits per heavy atom. The number of nitro benzene ring substituents is 1. The molecule has 1 amide bonds. The minimum atomic E-state index is -0.534. The van der Waals surface area contributed by atoms with E-state index in [4.69, 9.17) is 9.47 Å². The van der Waals surface area contributed by atoms with Gasteiger partial charge in [0.05, 0.1) is 24.1 Å². The van der Waals surface area contributed by atoms with Gasteiger partial charge >= 0.3 is 0 Å². The van der Waals surface area contributed by atoms with Crippen LogP contribution in [0.3, 0.4) is 0 Å². The lowest BCUT2D eigenvalue weighted by Crippen LogP contribution is -2.31. The molecular weight excluding hydrogens is 336 g/mol. The number of nitro groups is 1. The molecule has 2 aromatic rings. The summed E-state index contributed by atoms with van der Waals surface area (Å²) in [4.78, 5) is 22.5. The molecule has 2 aromatic carbocycles. The number of ether oxygens (including phenoxy) is 2. The quantitative estimate of drug-likeness (QED) is 0.604. The molecule has 0 radical (unpaired) electrons. The van der Waals surface area contributed by atoms with Crippen LogP contribution in [0.25, 0.3) is 0 Å². The van der Waals surface area contributed by atoms with Crippen molar-refractivity contribution < 1.29 is 19.2 Å². The first-order valence-electron chi connectivity index (χ1n) is 8.13. The molecule has 0 fully saturated rings. The van der Waals surface area contributed by atoms with Crippen molar-refractivity contribution in [2.45, 2.75) is 26.8 Å². The summed E-state index contributed by atoms with van der Waals surface area (Å²) in [5.74, 6) is 0.144. The van der Waals surface area contributed by atoms with Gasteiger partial charge in [-0.2, -0.15) is 0 Å². The van der Waals surface area contributed by atoms with Gasteiger partial charge in [0.2, 0.25) is 0 Å². The van der Waals surface area contributed by atoms with Crippen molar-refractivity contribution in [1.29, 1.82) is 0 Å². The summed E-state index contributed by atoms with van der Waals surface area (Å²) in [6.07, 6.45) is 0. The van der Waals surface area contributed by atoms with E-state index in [-0.39, 0.29) is 30.0 Å². The van der Waals surface area contributed by atoms with E-state index in [2.05, 4.69) is 5.32 Å². The van der Waals surface area contributed by atoms with Crippen molar-refractivity contribution >= 4 is 11.6 Å². The van der Waals surface area contributed by atoms with E-state index >= 15 is 0 Å². The van der Waals surface area contributed by atoms with Crippen LogP contribution >= 0.6 is 0 Å². The van der Waals surface area contributed by atoms with Crippen molar-refractivity contribution in [1.82, 2.24) is 5.32 Å². The van der Waals surface area contributed by atoms with Gasteiger partial charge in [-0.1, -0.05) is 18.2 Å². The lowest BCUT2D eigenvalue weighted by Gasteiger charge is -2.16. The van der Waals surface area contributed by atoms with Gasteiger partial charge < -0.3 is 14.8 Å². The van der Waals surface area contributed by atoms with Crippen molar-refractivity contribution in [3.63, 3.8) is 0 Å². The molecule has 0 bridgehead atoms. The normalized spacial score (nSPS) is 11.5. The van der Waals surface area contributed by atoms with Gasteiger partial charge in [0.1, 0.15) is 0 Å². The third-order valence-electron chi connectivity index (χ3n) is 4.13. The minimum Gasteiger partial charge on any atom is -0.493 e. The van der Waals surface area contributed by atoms with Crippen LogP contribution in [0.4, 0.5) is 5.69 Å². The number of aryl methyl sites for hydroxylation is 2. The van der Waals surface area contributed by atoms with E-state index in [0.717, 1.165) is 11.1 Å². The zero-order valence-electron chi connectivity index (χ0n) is 15.2. The summed E-state index contributed by atoms with van der Waals surface area (Å²) in [5.41, 5.74) is 3.20.